The summed E-state index contributed by atoms with van der Waals surface area (Å²) in [7, 11) is 0. The van der Waals surface area contributed by atoms with Gasteiger partial charge in [-0.3, -0.25) is 4.98 Å². The van der Waals surface area contributed by atoms with Gasteiger partial charge in [0.25, 0.3) is 0 Å². The maximum absolute atomic E-state index is 6.14. The SMILES string of the molecule is c1ncc(N2CCC(CCOC3CCCCC3)CC2)cc1OCC1CCCN1. The molecule has 1 unspecified atom stereocenters. The number of aromatic nitrogens is 1. The molecule has 0 radical (unpaired) electrons. The van der Waals surface area contributed by atoms with Crippen molar-refractivity contribution in [2.24, 2.45) is 5.92 Å². The van der Waals surface area contributed by atoms with Crippen molar-refractivity contribution in [3.8, 4) is 5.75 Å². The van der Waals surface area contributed by atoms with E-state index in [4.69, 9.17) is 9.47 Å². The van der Waals surface area contributed by atoms with Crippen LogP contribution >= 0.6 is 0 Å². The van der Waals surface area contributed by atoms with E-state index >= 15 is 0 Å². The zero-order chi connectivity index (χ0) is 19.0. The minimum absolute atomic E-state index is 0.496. The van der Waals surface area contributed by atoms with E-state index in [0.29, 0.717) is 12.1 Å². The highest BCUT2D eigenvalue weighted by Gasteiger charge is 2.21. The normalized spacial score (nSPS) is 24.6. The molecule has 1 aromatic heterocycles. The van der Waals surface area contributed by atoms with Crippen LogP contribution in [-0.2, 0) is 4.74 Å². The topological polar surface area (TPSA) is 46.6 Å². The highest BCUT2D eigenvalue weighted by molar-refractivity contribution is 5.48. The summed E-state index contributed by atoms with van der Waals surface area (Å²) in [5.74, 6) is 1.70. The first-order chi connectivity index (χ1) is 13.9. The van der Waals surface area contributed by atoms with Gasteiger partial charge in [-0.15, -0.1) is 0 Å². The Bertz CT molecular complexity index is 577. The average molecular weight is 388 g/mol. The Morgan fingerprint density at radius 1 is 1.00 bits per heavy atom. The number of anilines is 1. The first kappa shape index (κ1) is 20.0. The van der Waals surface area contributed by atoms with Crippen molar-refractivity contribution in [3.05, 3.63) is 18.5 Å². The lowest BCUT2D eigenvalue weighted by molar-refractivity contribution is 0.0199. The number of pyridine rings is 1. The zero-order valence-electron chi connectivity index (χ0n) is 17.3. The number of rotatable bonds is 8. The first-order valence-corrected chi connectivity index (χ1v) is 11.5. The maximum Gasteiger partial charge on any atom is 0.139 e. The Kier molecular flexibility index (Phi) is 7.45. The molecule has 3 aliphatic rings. The molecule has 28 heavy (non-hydrogen) atoms. The monoisotopic (exact) mass is 387 g/mol. The number of piperidine rings is 1. The van der Waals surface area contributed by atoms with Gasteiger partial charge in [-0.25, -0.2) is 0 Å². The van der Waals surface area contributed by atoms with E-state index in [-0.39, 0.29) is 0 Å². The Balaban J connectivity index is 1.17. The van der Waals surface area contributed by atoms with Crippen LogP contribution in [0.1, 0.15) is 64.2 Å². The number of nitrogens with one attached hydrogen (secondary N) is 1. The van der Waals surface area contributed by atoms with Gasteiger partial charge in [0, 0.05) is 31.8 Å². The van der Waals surface area contributed by atoms with Crippen molar-refractivity contribution in [3.63, 3.8) is 0 Å². The second kappa shape index (κ2) is 10.4. The van der Waals surface area contributed by atoms with Crippen LogP contribution in [0.3, 0.4) is 0 Å². The minimum Gasteiger partial charge on any atom is -0.490 e. The molecule has 1 aromatic rings. The predicted octanol–water partition coefficient (Wildman–Crippen LogP) is 4.17. The molecule has 1 atom stereocenters. The zero-order valence-corrected chi connectivity index (χ0v) is 17.3. The summed E-state index contributed by atoms with van der Waals surface area (Å²) in [6, 6.07) is 2.66. The predicted molar refractivity (Wildman–Crippen MR) is 113 cm³/mol. The molecule has 156 valence electrons. The number of hydrogen-bond acceptors (Lipinski definition) is 5. The Morgan fingerprint density at radius 3 is 2.64 bits per heavy atom. The highest BCUT2D eigenvalue weighted by Crippen LogP contribution is 2.28. The summed E-state index contributed by atoms with van der Waals surface area (Å²) < 4.78 is 12.1. The quantitative estimate of drug-likeness (QED) is 0.725. The summed E-state index contributed by atoms with van der Waals surface area (Å²) in [4.78, 5) is 6.88. The third kappa shape index (κ3) is 5.84. The van der Waals surface area contributed by atoms with Crippen LogP contribution in [0.15, 0.2) is 18.5 Å². The summed E-state index contributed by atoms with van der Waals surface area (Å²) in [6.45, 7) is 5.05. The van der Waals surface area contributed by atoms with Gasteiger partial charge in [0.15, 0.2) is 0 Å². The van der Waals surface area contributed by atoms with Crippen molar-refractivity contribution in [2.45, 2.75) is 76.4 Å². The van der Waals surface area contributed by atoms with Gasteiger partial charge in [-0.2, -0.15) is 0 Å². The smallest absolute Gasteiger partial charge is 0.139 e. The molecule has 1 N–H and O–H groups in total. The van der Waals surface area contributed by atoms with Crippen LogP contribution in [0.2, 0.25) is 0 Å². The molecule has 0 bridgehead atoms. The Hall–Kier alpha value is -1.33. The van der Waals surface area contributed by atoms with Crippen molar-refractivity contribution in [1.29, 1.82) is 0 Å². The molecule has 4 rings (SSSR count). The molecule has 0 aromatic carbocycles. The molecule has 1 saturated carbocycles. The molecule has 2 saturated heterocycles. The first-order valence-electron chi connectivity index (χ1n) is 11.5. The van der Waals surface area contributed by atoms with E-state index in [1.165, 1.54) is 69.9 Å². The molecule has 5 nitrogen and oxygen atoms in total. The Labute approximate surface area is 170 Å². The summed E-state index contributed by atoms with van der Waals surface area (Å²) in [5.41, 5.74) is 1.20. The second-order valence-corrected chi connectivity index (χ2v) is 8.83. The average Bonchev–Trinajstić information content (AvgIpc) is 3.28. The van der Waals surface area contributed by atoms with E-state index in [1.807, 2.05) is 12.4 Å². The van der Waals surface area contributed by atoms with Gasteiger partial charge < -0.3 is 19.7 Å². The van der Waals surface area contributed by atoms with Crippen molar-refractivity contribution in [2.75, 3.05) is 37.7 Å². The van der Waals surface area contributed by atoms with Gasteiger partial charge in [-0.05, 0) is 57.4 Å². The number of hydrogen-bond donors (Lipinski definition) is 1. The van der Waals surface area contributed by atoms with Gasteiger partial charge in [0.2, 0.25) is 0 Å². The molecular weight excluding hydrogens is 350 g/mol. The van der Waals surface area contributed by atoms with Crippen molar-refractivity contribution >= 4 is 5.69 Å². The van der Waals surface area contributed by atoms with Crippen molar-refractivity contribution in [1.82, 2.24) is 10.3 Å². The van der Waals surface area contributed by atoms with E-state index in [2.05, 4.69) is 21.3 Å². The molecule has 0 spiro atoms. The van der Waals surface area contributed by atoms with Crippen LogP contribution in [0, 0.1) is 5.92 Å². The molecule has 3 fully saturated rings. The van der Waals surface area contributed by atoms with E-state index in [9.17, 15) is 0 Å². The summed E-state index contributed by atoms with van der Waals surface area (Å²) in [6.07, 6.45) is 17.2. The third-order valence-electron chi connectivity index (χ3n) is 6.72. The minimum atomic E-state index is 0.496. The van der Waals surface area contributed by atoms with E-state index in [0.717, 1.165) is 44.5 Å². The molecule has 1 aliphatic carbocycles. The summed E-state index contributed by atoms with van der Waals surface area (Å²) >= 11 is 0. The van der Waals surface area contributed by atoms with Crippen molar-refractivity contribution < 1.29 is 9.47 Å². The fraction of sp³-hybridized carbons (Fsp3) is 0.783. The van der Waals surface area contributed by atoms with Crippen LogP contribution in [0.25, 0.3) is 0 Å². The fourth-order valence-electron chi connectivity index (χ4n) is 4.87. The molecule has 5 heteroatoms. The third-order valence-corrected chi connectivity index (χ3v) is 6.72. The van der Waals surface area contributed by atoms with Gasteiger partial charge in [0.05, 0.1) is 24.2 Å². The van der Waals surface area contributed by atoms with Crippen LogP contribution in [0.5, 0.6) is 5.75 Å². The van der Waals surface area contributed by atoms with Crippen LogP contribution in [-0.4, -0.2) is 50.0 Å². The summed E-state index contributed by atoms with van der Waals surface area (Å²) in [5, 5.41) is 3.48. The molecular formula is C23H37N3O2. The standard InChI is InChI=1S/C23H37N3O2/c1-2-6-22(7-3-1)27-14-10-19-8-12-26(13-9-19)21-15-23(17-24-16-21)28-18-20-5-4-11-25-20/h15-17,19-20,22,25H,1-14,18H2. The van der Waals surface area contributed by atoms with E-state index < -0.39 is 0 Å². The lowest BCUT2D eigenvalue weighted by Gasteiger charge is -2.34. The lowest BCUT2D eigenvalue weighted by atomic mass is 9.93. The molecule has 0 amide bonds. The highest BCUT2D eigenvalue weighted by atomic mass is 16.5. The van der Waals surface area contributed by atoms with Gasteiger partial charge in [-0.1, -0.05) is 19.3 Å². The molecule has 3 heterocycles. The van der Waals surface area contributed by atoms with Crippen LogP contribution in [0.4, 0.5) is 5.69 Å². The fourth-order valence-corrected chi connectivity index (χ4v) is 4.87. The van der Waals surface area contributed by atoms with E-state index in [1.54, 1.807) is 0 Å². The van der Waals surface area contributed by atoms with Crippen LogP contribution < -0.4 is 15.0 Å². The lowest BCUT2D eigenvalue weighted by Crippen LogP contribution is -2.34. The molecule has 2 aliphatic heterocycles. The Morgan fingerprint density at radius 2 is 1.86 bits per heavy atom. The van der Waals surface area contributed by atoms with Gasteiger partial charge in [0.1, 0.15) is 12.4 Å². The number of nitrogens with zero attached hydrogens (tertiary/aromatic N) is 2. The van der Waals surface area contributed by atoms with Gasteiger partial charge >= 0.3 is 0 Å². The largest absolute Gasteiger partial charge is 0.490 e. The maximum atomic E-state index is 6.14. The second-order valence-electron chi connectivity index (χ2n) is 8.83. The number of ether oxygens (including phenoxy) is 2.